The summed E-state index contributed by atoms with van der Waals surface area (Å²) in [4.78, 5) is 0.199. The molecule has 6 heteroatoms. The van der Waals surface area contributed by atoms with Gasteiger partial charge in [-0.25, -0.2) is 8.42 Å². The van der Waals surface area contributed by atoms with E-state index in [0.717, 1.165) is 23.7 Å². The van der Waals surface area contributed by atoms with Gasteiger partial charge in [-0.3, -0.25) is 0 Å². The van der Waals surface area contributed by atoms with Gasteiger partial charge in [0.15, 0.2) is 0 Å². The predicted octanol–water partition coefficient (Wildman–Crippen LogP) is 4.30. The number of sulfonamides is 1. The van der Waals surface area contributed by atoms with Crippen molar-refractivity contribution in [2.24, 2.45) is 5.41 Å². The van der Waals surface area contributed by atoms with Crippen molar-refractivity contribution >= 4 is 37.6 Å². The molecule has 1 heterocycles. The molecule has 1 aromatic rings. The number of hydrogen-bond donors (Lipinski definition) is 0. The standard InChI is InChI=1S/C14H19BrClNO2S/c1-3-14(4-2)7-8-17(10-14)20(18,19)13-6-5-11(15)9-12(13)16/h5-6,9H,3-4,7-8,10H2,1-2H3. The lowest BCUT2D eigenvalue weighted by Crippen LogP contribution is -2.32. The van der Waals surface area contributed by atoms with Crippen LogP contribution >= 0.6 is 27.5 Å². The minimum absolute atomic E-state index is 0.120. The van der Waals surface area contributed by atoms with Crippen LogP contribution in [-0.4, -0.2) is 25.8 Å². The van der Waals surface area contributed by atoms with E-state index in [-0.39, 0.29) is 15.3 Å². The third-order valence-corrected chi connectivity index (χ3v) is 7.24. The van der Waals surface area contributed by atoms with E-state index in [2.05, 4.69) is 29.8 Å². The minimum Gasteiger partial charge on any atom is -0.207 e. The van der Waals surface area contributed by atoms with Crippen molar-refractivity contribution < 1.29 is 8.42 Å². The van der Waals surface area contributed by atoms with Gasteiger partial charge in [0.25, 0.3) is 0 Å². The van der Waals surface area contributed by atoms with Gasteiger partial charge in [-0.1, -0.05) is 41.4 Å². The Hall–Kier alpha value is -0.100. The molecule has 0 atom stereocenters. The van der Waals surface area contributed by atoms with Gasteiger partial charge in [-0.05, 0) is 42.9 Å². The summed E-state index contributed by atoms with van der Waals surface area (Å²) in [6.45, 7) is 5.43. The second-order valence-corrected chi connectivity index (χ2v) is 8.60. The van der Waals surface area contributed by atoms with Crippen LogP contribution in [0.15, 0.2) is 27.6 Å². The monoisotopic (exact) mass is 379 g/mol. The number of rotatable bonds is 4. The first-order chi connectivity index (χ1) is 9.34. The second kappa shape index (κ2) is 5.95. The van der Waals surface area contributed by atoms with Crippen molar-refractivity contribution in [1.82, 2.24) is 4.31 Å². The zero-order valence-corrected chi connectivity index (χ0v) is 14.9. The van der Waals surface area contributed by atoms with E-state index >= 15 is 0 Å². The third kappa shape index (κ3) is 2.91. The fraction of sp³-hybridized carbons (Fsp3) is 0.571. The van der Waals surface area contributed by atoms with Crippen LogP contribution in [0.3, 0.4) is 0 Å². The molecule has 20 heavy (non-hydrogen) atoms. The lowest BCUT2D eigenvalue weighted by Gasteiger charge is -2.26. The Kier molecular flexibility index (Phi) is 4.84. The predicted molar refractivity (Wildman–Crippen MR) is 85.5 cm³/mol. The van der Waals surface area contributed by atoms with Crippen molar-refractivity contribution in [3.05, 3.63) is 27.7 Å². The SMILES string of the molecule is CCC1(CC)CCN(S(=O)(=O)c2ccc(Br)cc2Cl)C1. The average Bonchev–Trinajstić information content (AvgIpc) is 2.84. The molecular formula is C14H19BrClNO2S. The van der Waals surface area contributed by atoms with Gasteiger partial charge in [0.05, 0.1) is 5.02 Å². The van der Waals surface area contributed by atoms with Gasteiger partial charge in [0.2, 0.25) is 10.0 Å². The molecule has 2 rings (SSSR count). The fourth-order valence-electron chi connectivity index (χ4n) is 2.75. The molecule has 1 aromatic carbocycles. The van der Waals surface area contributed by atoms with Crippen molar-refractivity contribution in [2.45, 2.75) is 38.0 Å². The van der Waals surface area contributed by atoms with Crippen molar-refractivity contribution in [3.63, 3.8) is 0 Å². The highest BCUT2D eigenvalue weighted by molar-refractivity contribution is 9.10. The van der Waals surface area contributed by atoms with Gasteiger partial charge in [0.1, 0.15) is 4.90 Å². The van der Waals surface area contributed by atoms with Crippen LogP contribution in [0.2, 0.25) is 5.02 Å². The van der Waals surface area contributed by atoms with Gasteiger partial charge in [-0.2, -0.15) is 4.31 Å². The zero-order chi connectivity index (χ0) is 15.0. The molecule has 0 bridgehead atoms. The Morgan fingerprint density at radius 3 is 2.50 bits per heavy atom. The number of nitrogens with zero attached hydrogens (tertiary/aromatic N) is 1. The van der Waals surface area contributed by atoms with E-state index in [9.17, 15) is 8.42 Å². The quantitative estimate of drug-likeness (QED) is 0.781. The van der Waals surface area contributed by atoms with E-state index in [0.29, 0.717) is 13.1 Å². The summed E-state index contributed by atoms with van der Waals surface area (Å²) in [6.07, 6.45) is 2.93. The number of benzene rings is 1. The van der Waals surface area contributed by atoms with Crippen LogP contribution in [0.1, 0.15) is 33.1 Å². The lowest BCUT2D eigenvalue weighted by molar-refractivity contribution is 0.279. The van der Waals surface area contributed by atoms with Crippen LogP contribution in [0.5, 0.6) is 0 Å². The first-order valence-corrected chi connectivity index (χ1v) is 9.41. The molecule has 0 saturated carbocycles. The summed E-state index contributed by atoms with van der Waals surface area (Å²) in [6, 6.07) is 4.90. The first kappa shape index (κ1) is 16.3. The molecule has 0 radical (unpaired) electrons. The van der Waals surface area contributed by atoms with Crippen molar-refractivity contribution in [1.29, 1.82) is 0 Å². The number of halogens is 2. The molecule has 112 valence electrons. The highest BCUT2D eigenvalue weighted by Gasteiger charge is 2.41. The lowest BCUT2D eigenvalue weighted by atomic mass is 9.82. The summed E-state index contributed by atoms with van der Waals surface area (Å²) < 4.78 is 27.8. The number of hydrogen-bond acceptors (Lipinski definition) is 2. The molecule has 1 aliphatic rings. The van der Waals surface area contributed by atoms with Crippen molar-refractivity contribution in [3.8, 4) is 0 Å². The Morgan fingerprint density at radius 1 is 1.35 bits per heavy atom. The van der Waals surface area contributed by atoms with Gasteiger partial charge in [-0.15, -0.1) is 0 Å². The van der Waals surface area contributed by atoms with Crippen LogP contribution in [0.4, 0.5) is 0 Å². The first-order valence-electron chi connectivity index (χ1n) is 6.80. The summed E-state index contributed by atoms with van der Waals surface area (Å²) in [5, 5.41) is 0.268. The second-order valence-electron chi connectivity index (χ2n) is 5.37. The molecule has 3 nitrogen and oxygen atoms in total. The maximum absolute atomic E-state index is 12.7. The minimum atomic E-state index is -3.50. The highest BCUT2D eigenvalue weighted by atomic mass is 79.9. The normalized spacial score (nSPS) is 19.4. The van der Waals surface area contributed by atoms with Gasteiger partial charge in [0, 0.05) is 17.6 Å². The molecule has 0 aliphatic carbocycles. The maximum atomic E-state index is 12.7. The van der Waals surface area contributed by atoms with Crippen LogP contribution in [-0.2, 0) is 10.0 Å². The smallest absolute Gasteiger partial charge is 0.207 e. The molecule has 1 saturated heterocycles. The zero-order valence-electron chi connectivity index (χ0n) is 11.7. The van der Waals surface area contributed by atoms with E-state index in [1.807, 2.05) is 0 Å². The fourth-order valence-corrected chi connectivity index (χ4v) is 5.31. The van der Waals surface area contributed by atoms with Crippen LogP contribution in [0, 0.1) is 5.41 Å². The Morgan fingerprint density at radius 2 is 2.00 bits per heavy atom. The third-order valence-electron chi connectivity index (χ3n) is 4.42. The maximum Gasteiger partial charge on any atom is 0.244 e. The summed E-state index contributed by atoms with van der Waals surface area (Å²) in [7, 11) is -3.50. The molecule has 1 aliphatic heterocycles. The molecular weight excluding hydrogens is 362 g/mol. The Balaban J connectivity index is 2.33. The molecule has 0 aromatic heterocycles. The average molecular weight is 381 g/mol. The summed E-state index contributed by atoms with van der Waals surface area (Å²) >= 11 is 9.39. The van der Waals surface area contributed by atoms with E-state index < -0.39 is 10.0 Å². The van der Waals surface area contributed by atoms with Gasteiger partial charge >= 0.3 is 0 Å². The summed E-state index contributed by atoms with van der Waals surface area (Å²) in [5.74, 6) is 0. The van der Waals surface area contributed by atoms with E-state index in [1.54, 1.807) is 22.5 Å². The topological polar surface area (TPSA) is 37.4 Å². The van der Waals surface area contributed by atoms with E-state index in [4.69, 9.17) is 11.6 Å². The molecule has 0 N–H and O–H groups in total. The summed E-state index contributed by atoms with van der Waals surface area (Å²) in [5.41, 5.74) is 0.120. The van der Waals surface area contributed by atoms with Crippen LogP contribution < -0.4 is 0 Å². The largest absolute Gasteiger partial charge is 0.244 e. The molecule has 0 amide bonds. The van der Waals surface area contributed by atoms with Crippen molar-refractivity contribution in [2.75, 3.05) is 13.1 Å². The molecule has 1 fully saturated rings. The van der Waals surface area contributed by atoms with Gasteiger partial charge < -0.3 is 0 Å². The Bertz CT molecular complexity index is 599. The highest BCUT2D eigenvalue weighted by Crippen LogP contribution is 2.40. The van der Waals surface area contributed by atoms with E-state index in [1.165, 1.54) is 0 Å². The van der Waals surface area contributed by atoms with Crippen LogP contribution in [0.25, 0.3) is 0 Å². The Labute approximate surface area is 134 Å². The molecule has 0 spiro atoms. The molecule has 0 unspecified atom stereocenters.